The van der Waals surface area contributed by atoms with Gasteiger partial charge in [0.2, 0.25) is 5.88 Å². The first-order chi connectivity index (χ1) is 16.4. The van der Waals surface area contributed by atoms with Gasteiger partial charge in [0.15, 0.2) is 11.5 Å². The van der Waals surface area contributed by atoms with Crippen LogP contribution in [0.5, 0.6) is 23.0 Å². The second kappa shape index (κ2) is 9.24. The lowest BCUT2D eigenvalue weighted by Crippen LogP contribution is -2.33. The maximum atomic E-state index is 13.9. The highest BCUT2D eigenvalue weighted by Crippen LogP contribution is 2.42. The number of nitriles is 1. The summed E-state index contributed by atoms with van der Waals surface area (Å²) >= 11 is 0. The number of rotatable bonds is 6. The van der Waals surface area contributed by atoms with Gasteiger partial charge < -0.3 is 29.2 Å². The van der Waals surface area contributed by atoms with Crippen LogP contribution in [0, 0.1) is 18.3 Å². The molecule has 8 nitrogen and oxygen atoms in total. The standard InChI is InChI=1S/C26H25N3O5/c1-15-11-22-24(26(30)29(15)14-17-7-5-6-8-19(17)31-2)23(18(13-27)25(28)34-22)16-9-10-20(32-3)21(12-16)33-4/h5-12,23H,14,28H2,1-4H3. The summed E-state index contributed by atoms with van der Waals surface area (Å²) < 4.78 is 23.6. The van der Waals surface area contributed by atoms with E-state index < -0.39 is 5.92 Å². The lowest BCUT2D eigenvalue weighted by atomic mass is 9.84. The molecule has 0 bridgehead atoms. The van der Waals surface area contributed by atoms with E-state index in [0.29, 0.717) is 46.4 Å². The molecule has 2 aromatic carbocycles. The summed E-state index contributed by atoms with van der Waals surface area (Å²) in [6, 6.07) is 16.7. The Labute approximate surface area is 197 Å². The molecule has 8 heteroatoms. The van der Waals surface area contributed by atoms with Crippen molar-refractivity contribution < 1.29 is 18.9 Å². The van der Waals surface area contributed by atoms with E-state index in [2.05, 4.69) is 6.07 Å². The zero-order chi connectivity index (χ0) is 24.4. The van der Waals surface area contributed by atoms with Crippen LogP contribution < -0.4 is 30.2 Å². The first-order valence-corrected chi connectivity index (χ1v) is 10.6. The first kappa shape index (κ1) is 22.8. The third-order valence-corrected chi connectivity index (χ3v) is 5.95. The van der Waals surface area contributed by atoms with Gasteiger partial charge in [0.25, 0.3) is 5.56 Å². The molecule has 1 aliphatic heterocycles. The van der Waals surface area contributed by atoms with Crippen molar-refractivity contribution in [3.8, 4) is 29.1 Å². The molecule has 0 amide bonds. The molecule has 0 saturated heterocycles. The molecule has 1 aromatic heterocycles. The molecule has 0 saturated carbocycles. The van der Waals surface area contributed by atoms with Crippen molar-refractivity contribution in [1.82, 2.24) is 4.57 Å². The molecular formula is C26H25N3O5. The van der Waals surface area contributed by atoms with Gasteiger partial charge in [0.1, 0.15) is 23.1 Å². The van der Waals surface area contributed by atoms with Crippen molar-refractivity contribution in [2.45, 2.75) is 19.4 Å². The molecule has 1 atom stereocenters. The maximum absolute atomic E-state index is 13.9. The highest BCUT2D eigenvalue weighted by Gasteiger charge is 2.35. The predicted molar refractivity (Wildman–Crippen MR) is 126 cm³/mol. The van der Waals surface area contributed by atoms with E-state index in [1.165, 1.54) is 7.11 Å². The molecule has 0 fully saturated rings. The molecule has 1 aliphatic rings. The van der Waals surface area contributed by atoms with Gasteiger partial charge in [-0.25, -0.2) is 0 Å². The number of nitrogens with two attached hydrogens (primary N) is 1. The van der Waals surface area contributed by atoms with Crippen LogP contribution in [0.15, 0.2) is 64.8 Å². The number of allylic oxidation sites excluding steroid dienone is 1. The van der Waals surface area contributed by atoms with Gasteiger partial charge in [0, 0.05) is 17.3 Å². The molecule has 174 valence electrons. The normalized spacial score (nSPS) is 14.6. The summed E-state index contributed by atoms with van der Waals surface area (Å²) in [4.78, 5) is 13.9. The molecule has 1 unspecified atom stereocenters. The molecule has 2 heterocycles. The number of hydrogen-bond acceptors (Lipinski definition) is 7. The Morgan fingerprint density at radius 1 is 1.03 bits per heavy atom. The Kier molecular flexibility index (Phi) is 6.19. The number of aromatic nitrogens is 1. The Balaban J connectivity index is 1.93. The fraction of sp³-hybridized carbons (Fsp3) is 0.231. The van der Waals surface area contributed by atoms with Crippen molar-refractivity contribution in [1.29, 1.82) is 5.26 Å². The molecule has 3 aromatic rings. The highest BCUT2D eigenvalue weighted by atomic mass is 16.5. The first-order valence-electron chi connectivity index (χ1n) is 10.6. The minimum Gasteiger partial charge on any atom is -0.496 e. The van der Waals surface area contributed by atoms with Crippen molar-refractivity contribution in [2.24, 2.45) is 5.73 Å². The summed E-state index contributed by atoms with van der Waals surface area (Å²) in [6.07, 6.45) is 0. The molecule has 34 heavy (non-hydrogen) atoms. The Morgan fingerprint density at radius 3 is 2.41 bits per heavy atom. The number of ether oxygens (including phenoxy) is 4. The summed E-state index contributed by atoms with van der Waals surface area (Å²) in [7, 11) is 4.66. The van der Waals surface area contributed by atoms with Gasteiger partial charge in [-0.3, -0.25) is 4.79 Å². The number of pyridine rings is 1. The average Bonchev–Trinajstić information content (AvgIpc) is 2.85. The zero-order valence-electron chi connectivity index (χ0n) is 19.4. The van der Waals surface area contributed by atoms with Crippen LogP contribution >= 0.6 is 0 Å². The topological polar surface area (TPSA) is 109 Å². The fourth-order valence-electron chi connectivity index (χ4n) is 4.25. The Morgan fingerprint density at radius 2 is 1.74 bits per heavy atom. The number of methoxy groups -OCH3 is 3. The molecule has 2 N–H and O–H groups in total. The minimum atomic E-state index is -0.731. The van der Waals surface area contributed by atoms with E-state index in [9.17, 15) is 10.1 Å². The maximum Gasteiger partial charge on any atom is 0.259 e. The number of para-hydroxylation sites is 1. The van der Waals surface area contributed by atoms with Gasteiger partial charge >= 0.3 is 0 Å². The van der Waals surface area contributed by atoms with E-state index in [1.807, 2.05) is 31.2 Å². The number of fused-ring (bicyclic) bond motifs is 1. The number of benzene rings is 2. The minimum absolute atomic E-state index is 0.0314. The summed E-state index contributed by atoms with van der Waals surface area (Å²) in [6.45, 7) is 2.12. The number of hydrogen-bond donors (Lipinski definition) is 1. The summed E-state index contributed by atoms with van der Waals surface area (Å²) in [5.41, 5.74) is 8.52. The van der Waals surface area contributed by atoms with Crippen LogP contribution in [0.2, 0.25) is 0 Å². The second-order valence-electron chi connectivity index (χ2n) is 7.81. The van der Waals surface area contributed by atoms with E-state index in [1.54, 1.807) is 43.1 Å². The second-order valence-corrected chi connectivity index (χ2v) is 7.81. The monoisotopic (exact) mass is 459 g/mol. The number of aryl methyl sites for hydroxylation is 1. The van der Waals surface area contributed by atoms with Gasteiger partial charge in [-0.2, -0.15) is 5.26 Å². The lowest BCUT2D eigenvalue weighted by molar-refractivity contribution is 0.354. The molecule has 0 aliphatic carbocycles. The van der Waals surface area contributed by atoms with Crippen LogP contribution in [0.3, 0.4) is 0 Å². The van der Waals surface area contributed by atoms with Gasteiger partial charge in [-0.05, 0) is 30.7 Å². The quantitative estimate of drug-likeness (QED) is 0.601. The van der Waals surface area contributed by atoms with Crippen LogP contribution in [0.4, 0.5) is 0 Å². The van der Waals surface area contributed by atoms with Gasteiger partial charge in [0.05, 0.1) is 39.4 Å². The third-order valence-electron chi connectivity index (χ3n) is 5.95. The van der Waals surface area contributed by atoms with E-state index >= 15 is 0 Å². The van der Waals surface area contributed by atoms with Crippen molar-refractivity contribution in [3.63, 3.8) is 0 Å². The van der Waals surface area contributed by atoms with Crippen LogP contribution in [0.25, 0.3) is 0 Å². The fourth-order valence-corrected chi connectivity index (χ4v) is 4.25. The largest absolute Gasteiger partial charge is 0.496 e. The highest BCUT2D eigenvalue weighted by molar-refractivity contribution is 5.57. The predicted octanol–water partition coefficient (Wildman–Crippen LogP) is 3.45. The molecule has 0 radical (unpaired) electrons. The average molecular weight is 460 g/mol. The smallest absolute Gasteiger partial charge is 0.259 e. The molecule has 0 spiro atoms. The van der Waals surface area contributed by atoms with Crippen LogP contribution in [-0.2, 0) is 6.54 Å². The van der Waals surface area contributed by atoms with Crippen LogP contribution in [0.1, 0.15) is 28.3 Å². The van der Waals surface area contributed by atoms with Gasteiger partial charge in [-0.15, -0.1) is 0 Å². The van der Waals surface area contributed by atoms with Crippen LogP contribution in [-0.4, -0.2) is 25.9 Å². The Bertz CT molecular complexity index is 1380. The number of nitrogens with zero attached hydrogens (tertiary/aromatic N) is 2. The summed E-state index contributed by atoms with van der Waals surface area (Å²) in [5, 5.41) is 9.92. The Hall–Kier alpha value is -4.38. The van der Waals surface area contributed by atoms with E-state index in [4.69, 9.17) is 24.7 Å². The van der Waals surface area contributed by atoms with Crippen molar-refractivity contribution >= 4 is 0 Å². The SMILES string of the molecule is COc1ccccc1Cn1c(C)cc2c(c1=O)C(c1ccc(OC)c(OC)c1)C(C#N)=C(N)O2. The van der Waals surface area contributed by atoms with Gasteiger partial charge in [-0.1, -0.05) is 24.3 Å². The lowest BCUT2D eigenvalue weighted by Gasteiger charge is -2.28. The summed E-state index contributed by atoms with van der Waals surface area (Å²) in [5.74, 6) is 1.26. The van der Waals surface area contributed by atoms with E-state index in [0.717, 1.165) is 5.56 Å². The third kappa shape index (κ3) is 3.82. The zero-order valence-corrected chi connectivity index (χ0v) is 19.4. The van der Waals surface area contributed by atoms with E-state index in [-0.39, 0.29) is 17.0 Å². The van der Waals surface area contributed by atoms with Crippen molar-refractivity contribution in [3.05, 3.63) is 92.7 Å². The van der Waals surface area contributed by atoms with Crippen molar-refractivity contribution in [2.75, 3.05) is 21.3 Å². The molecular weight excluding hydrogens is 434 g/mol. The molecule has 4 rings (SSSR count).